The van der Waals surface area contributed by atoms with Gasteiger partial charge >= 0.3 is 5.97 Å². The van der Waals surface area contributed by atoms with Crippen LogP contribution in [0.4, 0.5) is 5.82 Å². The molecule has 0 atom stereocenters. The fourth-order valence-corrected chi connectivity index (χ4v) is 2.84. The van der Waals surface area contributed by atoms with E-state index in [1.165, 1.54) is 0 Å². The van der Waals surface area contributed by atoms with E-state index in [1.807, 2.05) is 30.3 Å². The molecular formula is C18H22N4O3. The molecule has 0 bridgehead atoms. The lowest BCUT2D eigenvalue weighted by Gasteiger charge is -2.35. The number of methoxy groups -OCH3 is 1. The van der Waals surface area contributed by atoms with Crippen LogP contribution in [-0.2, 0) is 4.74 Å². The summed E-state index contributed by atoms with van der Waals surface area (Å²) in [5.74, 6) is 0.0644. The molecular weight excluding hydrogens is 320 g/mol. The number of rotatable bonds is 6. The molecule has 132 valence electrons. The van der Waals surface area contributed by atoms with E-state index < -0.39 is 5.97 Å². The molecule has 1 aliphatic heterocycles. The average Bonchev–Trinajstić information content (AvgIpc) is 2.67. The number of ether oxygens (including phenoxy) is 1. The molecule has 0 spiro atoms. The molecule has 25 heavy (non-hydrogen) atoms. The number of carboxylic acids is 1. The molecule has 0 amide bonds. The topological polar surface area (TPSA) is 78.8 Å². The second-order valence-electron chi connectivity index (χ2n) is 5.93. The maximum Gasteiger partial charge on any atom is 0.354 e. The van der Waals surface area contributed by atoms with Gasteiger partial charge in [-0.15, -0.1) is 0 Å². The third-order valence-corrected chi connectivity index (χ3v) is 4.27. The van der Waals surface area contributed by atoms with Gasteiger partial charge in [0.15, 0.2) is 11.5 Å². The zero-order valence-corrected chi connectivity index (χ0v) is 14.3. The SMILES string of the molecule is COCCN1CCN(c2cc(C(=O)O)nc(-c3ccccc3)n2)CC1. The van der Waals surface area contributed by atoms with Gasteiger partial charge in [0.2, 0.25) is 0 Å². The van der Waals surface area contributed by atoms with Crippen LogP contribution in [0.25, 0.3) is 11.4 Å². The number of piperazine rings is 1. The molecule has 1 N–H and O–H groups in total. The van der Waals surface area contributed by atoms with Crippen molar-refractivity contribution in [2.45, 2.75) is 0 Å². The number of anilines is 1. The van der Waals surface area contributed by atoms with E-state index >= 15 is 0 Å². The Labute approximate surface area is 146 Å². The average molecular weight is 342 g/mol. The highest BCUT2D eigenvalue weighted by atomic mass is 16.5. The number of hydrogen-bond acceptors (Lipinski definition) is 6. The largest absolute Gasteiger partial charge is 0.477 e. The van der Waals surface area contributed by atoms with Crippen molar-refractivity contribution < 1.29 is 14.6 Å². The smallest absolute Gasteiger partial charge is 0.354 e. The molecule has 3 rings (SSSR count). The number of aromatic nitrogens is 2. The molecule has 0 saturated carbocycles. The predicted octanol–water partition coefficient (Wildman–Crippen LogP) is 1.61. The summed E-state index contributed by atoms with van der Waals surface area (Å²) in [6, 6.07) is 11.0. The van der Waals surface area contributed by atoms with Crippen LogP contribution >= 0.6 is 0 Å². The van der Waals surface area contributed by atoms with Crippen molar-refractivity contribution >= 4 is 11.8 Å². The second-order valence-corrected chi connectivity index (χ2v) is 5.93. The highest BCUT2D eigenvalue weighted by molar-refractivity contribution is 5.87. The summed E-state index contributed by atoms with van der Waals surface area (Å²) in [5.41, 5.74) is 0.830. The Balaban J connectivity index is 1.82. The lowest BCUT2D eigenvalue weighted by atomic mass is 10.2. The van der Waals surface area contributed by atoms with Crippen molar-refractivity contribution in [1.82, 2.24) is 14.9 Å². The van der Waals surface area contributed by atoms with Gasteiger partial charge in [-0.1, -0.05) is 30.3 Å². The van der Waals surface area contributed by atoms with Gasteiger partial charge in [0, 0.05) is 51.5 Å². The Morgan fingerprint density at radius 1 is 1.16 bits per heavy atom. The van der Waals surface area contributed by atoms with E-state index in [0.717, 1.165) is 44.9 Å². The molecule has 1 saturated heterocycles. The number of carboxylic acid groups (broad SMARTS) is 1. The van der Waals surface area contributed by atoms with Crippen molar-refractivity contribution in [3.05, 3.63) is 42.1 Å². The molecule has 1 aromatic carbocycles. The molecule has 2 heterocycles. The summed E-state index contributed by atoms with van der Waals surface area (Å²) >= 11 is 0. The van der Waals surface area contributed by atoms with Crippen molar-refractivity contribution in [3.8, 4) is 11.4 Å². The summed E-state index contributed by atoms with van der Waals surface area (Å²) in [7, 11) is 1.70. The quantitative estimate of drug-likeness (QED) is 0.854. The second kappa shape index (κ2) is 8.04. The van der Waals surface area contributed by atoms with Crippen molar-refractivity contribution in [2.75, 3.05) is 51.3 Å². The lowest BCUT2D eigenvalue weighted by molar-refractivity contribution is 0.0690. The third-order valence-electron chi connectivity index (χ3n) is 4.27. The van der Waals surface area contributed by atoms with Gasteiger partial charge < -0.3 is 14.7 Å². The van der Waals surface area contributed by atoms with Gasteiger partial charge in [-0.25, -0.2) is 14.8 Å². The number of carbonyl (C=O) groups is 1. The standard InChI is InChI=1S/C18H22N4O3/c1-25-12-11-21-7-9-22(10-8-21)16-13-15(18(23)24)19-17(20-16)14-5-3-2-4-6-14/h2-6,13H,7-12H2,1H3,(H,23,24). The van der Waals surface area contributed by atoms with E-state index in [1.54, 1.807) is 13.2 Å². The first-order chi connectivity index (χ1) is 12.2. The highest BCUT2D eigenvalue weighted by Gasteiger charge is 2.20. The molecule has 0 aliphatic carbocycles. The Morgan fingerprint density at radius 3 is 2.52 bits per heavy atom. The summed E-state index contributed by atoms with van der Waals surface area (Å²) in [6.07, 6.45) is 0. The Bertz CT molecular complexity index is 716. The number of nitrogens with zero attached hydrogens (tertiary/aromatic N) is 4. The molecule has 7 nitrogen and oxygen atoms in total. The first-order valence-corrected chi connectivity index (χ1v) is 8.31. The van der Waals surface area contributed by atoms with Crippen LogP contribution in [-0.4, -0.2) is 72.4 Å². The van der Waals surface area contributed by atoms with E-state index in [0.29, 0.717) is 11.6 Å². The van der Waals surface area contributed by atoms with Gasteiger partial charge in [0.1, 0.15) is 5.82 Å². The summed E-state index contributed by atoms with van der Waals surface area (Å²) in [4.78, 5) is 24.7. The first-order valence-electron chi connectivity index (χ1n) is 8.31. The van der Waals surface area contributed by atoms with Crippen LogP contribution in [0.2, 0.25) is 0 Å². The molecule has 1 fully saturated rings. The Hall–Kier alpha value is -2.51. The fraction of sp³-hybridized carbons (Fsp3) is 0.389. The minimum absolute atomic E-state index is 0.0191. The van der Waals surface area contributed by atoms with Crippen LogP contribution < -0.4 is 4.90 Å². The molecule has 7 heteroatoms. The molecule has 1 aromatic heterocycles. The molecule has 0 radical (unpaired) electrons. The van der Waals surface area contributed by atoms with Crippen LogP contribution in [0.1, 0.15) is 10.5 Å². The minimum Gasteiger partial charge on any atom is -0.477 e. The zero-order chi connectivity index (χ0) is 17.6. The lowest BCUT2D eigenvalue weighted by Crippen LogP contribution is -2.47. The normalized spacial score (nSPS) is 15.3. The molecule has 1 aliphatic rings. The van der Waals surface area contributed by atoms with Crippen molar-refractivity contribution in [3.63, 3.8) is 0 Å². The Morgan fingerprint density at radius 2 is 1.88 bits per heavy atom. The van der Waals surface area contributed by atoms with E-state index in [-0.39, 0.29) is 5.69 Å². The van der Waals surface area contributed by atoms with Crippen LogP contribution in [0.15, 0.2) is 36.4 Å². The van der Waals surface area contributed by atoms with Crippen LogP contribution in [0, 0.1) is 0 Å². The minimum atomic E-state index is -1.04. The maximum absolute atomic E-state index is 11.5. The third kappa shape index (κ3) is 4.32. The van der Waals surface area contributed by atoms with Gasteiger partial charge in [-0.05, 0) is 0 Å². The number of aromatic carboxylic acids is 1. The van der Waals surface area contributed by atoms with E-state index in [9.17, 15) is 9.90 Å². The van der Waals surface area contributed by atoms with Gasteiger partial charge in [-0.3, -0.25) is 4.90 Å². The van der Waals surface area contributed by atoms with E-state index in [2.05, 4.69) is 19.8 Å². The van der Waals surface area contributed by atoms with Gasteiger partial charge in [0.05, 0.1) is 6.61 Å². The molecule has 0 unspecified atom stereocenters. The van der Waals surface area contributed by atoms with Crippen molar-refractivity contribution in [2.24, 2.45) is 0 Å². The zero-order valence-electron chi connectivity index (χ0n) is 14.3. The highest BCUT2D eigenvalue weighted by Crippen LogP contribution is 2.21. The summed E-state index contributed by atoms with van der Waals surface area (Å²) in [6.45, 7) is 5.02. The predicted molar refractivity (Wildman–Crippen MR) is 95.0 cm³/mol. The fourth-order valence-electron chi connectivity index (χ4n) is 2.84. The summed E-state index contributed by atoms with van der Waals surface area (Å²) < 4.78 is 5.12. The van der Waals surface area contributed by atoms with Crippen LogP contribution in [0.3, 0.4) is 0 Å². The number of benzene rings is 1. The first kappa shape index (κ1) is 17.3. The monoisotopic (exact) mass is 342 g/mol. The maximum atomic E-state index is 11.5. The number of hydrogen-bond donors (Lipinski definition) is 1. The van der Waals surface area contributed by atoms with Gasteiger partial charge in [0.25, 0.3) is 0 Å². The van der Waals surface area contributed by atoms with Crippen molar-refractivity contribution in [1.29, 1.82) is 0 Å². The summed E-state index contributed by atoms with van der Waals surface area (Å²) in [5, 5.41) is 9.39. The molecule has 2 aromatic rings. The van der Waals surface area contributed by atoms with Gasteiger partial charge in [-0.2, -0.15) is 0 Å². The van der Waals surface area contributed by atoms with Crippen LogP contribution in [0.5, 0.6) is 0 Å². The Kier molecular flexibility index (Phi) is 5.57. The van der Waals surface area contributed by atoms with E-state index in [4.69, 9.17) is 4.74 Å².